The summed E-state index contributed by atoms with van der Waals surface area (Å²) in [5.74, 6) is 0.757. The van der Waals surface area contributed by atoms with E-state index in [-0.39, 0.29) is 0 Å². The maximum Gasteiger partial charge on any atom is 0.00105 e. The Morgan fingerprint density at radius 2 is 1.88 bits per heavy atom. The minimum Gasteiger partial charge on any atom is -0.314 e. The molecule has 0 bridgehead atoms. The molecular weight excluding hydrogens is 194 g/mol. The number of allylic oxidation sites excluding steroid dienone is 3. The average molecular weight is 223 g/mol. The average Bonchev–Trinajstić information content (AvgIpc) is 2.16. The molecule has 94 valence electrons. The fraction of sp³-hybridized carbons (Fsp3) is 0.733. The van der Waals surface area contributed by atoms with E-state index in [0.29, 0.717) is 6.04 Å². The summed E-state index contributed by atoms with van der Waals surface area (Å²) in [6.07, 6.45) is 10.4. The van der Waals surface area contributed by atoms with Gasteiger partial charge in [-0.15, -0.1) is 0 Å². The van der Waals surface area contributed by atoms with Crippen molar-refractivity contribution in [2.75, 3.05) is 6.54 Å². The summed E-state index contributed by atoms with van der Waals surface area (Å²) in [6.45, 7) is 12.2. The number of rotatable bonds is 8. The van der Waals surface area contributed by atoms with Gasteiger partial charge < -0.3 is 5.32 Å². The fourth-order valence-electron chi connectivity index (χ4n) is 1.51. The van der Waals surface area contributed by atoms with Crippen LogP contribution in [0.5, 0.6) is 0 Å². The lowest BCUT2D eigenvalue weighted by Gasteiger charge is -2.08. The summed E-state index contributed by atoms with van der Waals surface area (Å²) >= 11 is 0. The van der Waals surface area contributed by atoms with Crippen LogP contribution in [0, 0.1) is 5.92 Å². The van der Waals surface area contributed by atoms with Gasteiger partial charge in [-0.3, -0.25) is 0 Å². The highest BCUT2D eigenvalue weighted by atomic mass is 14.9. The van der Waals surface area contributed by atoms with Crippen LogP contribution in [-0.4, -0.2) is 12.6 Å². The Balaban J connectivity index is 3.98. The van der Waals surface area contributed by atoms with Gasteiger partial charge in [-0.25, -0.2) is 0 Å². The molecule has 0 aliphatic heterocycles. The van der Waals surface area contributed by atoms with E-state index in [4.69, 9.17) is 0 Å². The Kier molecular flexibility index (Phi) is 9.31. The topological polar surface area (TPSA) is 12.0 Å². The molecule has 1 heteroatoms. The molecule has 0 aliphatic rings. The van der Waals surface area contributed by atoms with Crippen LogP contribution in [0.3, 0.4) is 0 Å². The largest absolute Gasteiger partial charge is 0.314 e. The Bertz CT molecular complexity index is 211. The molecule has 0 aromatic rings. The first kappa shape index (κ1) is 15.4. The molecule has 0 amide bonds. The van der Waals surface area contributed by atoms with Crippen molar-refractivity contribution in [2.45, 2.75) is 59.9 Å². The molecule has 1 N–H and O–H groups in total. The highest BCUT2D eigenvalue weighted by Crippen LogP contribution is 2.07. The minimum atomic E-state index is 0.586. The van der Waals surface area contributed by atoms with Gasteiger partial charge in [0.05, 0.1) is 0 Å². The minimum absolute atomic E-state index is 0.586. The van der Waals surface area contributed by atoms with Gasteiger partial charge in [0, 0.05) is 6.04 Å². The van der Waals surface area contributed by atoms with E-state index >= 15 is 0 Å². The molecule has 0 atom stereocenters. The molecule has 0 aliphatic carbocycles. The summed E-state index contributed by atoms with van der Waals surface area (Å²) in [4.78, 5) is 0. The monoisotopic (exact) mass is 223 g/mol. The molecule has 0 rings (SSSR count). The van der Waals surface area contributed by atoms with Crippen molar-refractivity contribution >= 4 is 0 Å². The Hall–Kier alpha value is -0.560. The van der Waals surface area contributed by atoms with Gasteiger partial charge in [0.1, 0.15) is 0 Å². The third kappa shape index (κ3) is 9.97. The zero-order chi connectivity index (χ0) is 12.4. The molecule has 0 radical (unpaired) electrons. The SMILES string of the molecule is CC/C=C(\C=C/CC(C)C)CCNC(C)C. The Labute approximate surface area is 102 Å². The summed E-state index contributed by atoms with van der Waals surface area (Å²) in [6, 6.07) is 0.586. The highest BCUT2D eigenvalue weighted by molar-refractivity contribution is 5.18. The molecule has 0 heterocycles. The fourth-order valence-corrected chi connectivity index (χ4v) is 1.51. The third-order valence-electron chi connectivity index (χ3n) is 2.37. The quantitative estimate of drug-likeness (QED) is 0.605. The maximum atomic E-state index is 3.46. The van der Waals surface area contributed by atoms with E-state index in [2.05, 4.69) is 58.2 Å². The van der Waals surface area contributed by atoms with Crippen LogP contribution < -0.4 is 5.32 Å². The first-order valence-corrected chi connectivity index (χ1v) is 6.65. The molecule has 16 heavy (non-hydrogen) atoms. The van der Waals surface area contributed by atoms with Gasteiger partial charge in [0.25, 0.3) is 0 Å². The lowest BCUT2D eigenvalue weighted by Crippen LogP contribution is -2.23. The van der Waals surface area contributed by atoms with Gasteiger partial charge in [0.2, 0.25) is 0 Å². The molecule has 0 fully saturated rings. The number of nitrogens with one attached hydrogen (secondary N) is 1. The van der Waals surface area contributed by atoms with Crippen LogP contribution in [0.25, 0.3) is 0 Å². The first-order chi connectivity index (χ1) is 7.56. The van der Waals surface area contributed by atoms with Crippen LogP contribution in [0.1, 0.15) is 53.9 Å². The molecule has 0 saturated carbocycles. The van der Waals surface area contributed by atoms with Crippen LogP contribution in [0.4, 0.5) is 0 Å². The van der Waals surface area contributed by atoms with E-state index in [0.717, 1.165) is 25.3 Å². The second-order valence-electron chi connectivity index (χ2n) is 5.08. The molecule has 0 aromatic heterocycles. The lowest BCUT2D eigenvalue weighted by atomic mass is 10.1. The van der Waals surface area contributed by atoms with Gasteiger partial charge >= 0.3 is 0 Å². The lowest BCUT2D eigenvalue weighted by molar-refractivity contribution is 0.590. The molecule has 0 spiro atoms. The maximum absolute atomic E-state index is 3.46. The van der Waals surface area contributed by atoms with Crippen molar-refractivity contribution in [3.8, 4) is 0 Å². The van der Waals surface area contributed by atoms with Crippen LogP contribution >= 0.6 is 0 Å². The highest BCUT2D eigenvalue weighted by Gasteiger charge is 1.95. The molecule has 0 unspecified atom stereocenters. The van der Waals surface area contributed by atoms with Crippen molar-refractivity contribution in [2.24, 2.45) is 5.92 Å². The summed E-state index contributed by atoms with van der Waals surface area (Å²) < 4.78 is 0. The molecule has 1 nitrogen and oxygen atoms in total. The second kappa shape index (κ2) is 9.65. The smallest absolute Gasteiger partial charge is 0.00105 e. The predicted molar refractivity (Wildman–Crippen MR) is 74.7 cm³/mol. The summed E-state index contributed by atoms with van der Waals surface area (Å²) in [5, 5.41) is 3.46. The van der Waals surface area contributed by atoms with Crippen molar-refractivity contribution in [3.05, 3.63) is 23.8 Å². The Morgan fingerprint density at radius 3 is 2.38 bits per heavy atom. The van der Waals surface area contributed by atoms with Crippen LogP contribution in [0.15, 0.2) is 23.8 Å². The van der Waals surface area contributed by atoms with Crippen molar-refractivity contribution in [3.63, 3.8) is 0 Å². The normalized spacial score (nSPS) is 13.3. The molecule has 0 aromatic carbocycles. The standard InChI is InChI=1S/C15H29N/c1-6-8-15(10-7-9-13(2)3)11-12-16-14(4)5/h7-8,10,13-14,16H,6,9,11-12H2,1-5H3/b10-7-,15-8+. The molecular formula is C15H29N. The van der Waals surface area contributed by atoms with Crippen molar-refractivity contribution < 1.29 is 0 Å². The van der Waals surface area contributed by atoms with Gasteiger partial charge in [-0.05, 0) is 31.7 Å². The van der Waals surface area contributed by atoms with Gasteiger partial charge in [0.15, 0.2) is 0 Å². The van der Waals surface area contributed by atoms with E-state index in [1.165, 1.54) is 12.0 Å². The van der Waals surface area contributed by atoms with Crippen LogP contribution in [0.2, 0.25) is 0 Å². The first-order valence-electron chi connectivity index (χ1n) is 6.65. The number of hydrogen-bond donors (Lipinski definition) is 1. The molecule has 0 saturated heterocycles. The summed E-state index contributed by atoms with van der Waals surface area (Å²) in [7, 11) is 0. The third-order valence-corrected chi connectivity index (χ3v) is 2.37. The van der Waals surface area contributed by atoms with E-state index < -0.39 is 0 Å². The van der Waals surface area contributed by atoms with E-state index in [9.17, 15) is 0 Å². The zero-order valence-electron chi connectivity index (χ0n) is 11.7. The zero-order valence-corrected chi connectivity index (χ0v) is 11.7. The van der Waals surface area contributed by atoms with Gasteiger partial charge in [-0.1, -0.05) is 58.4 Å². The van der Waals surface area contributed by atoms with E-state index in [1.54, 1.807) is 0 Å². The van der Waals surface area contributed by atoms with Gasteiger partial charge in [-0.2, -0.15) is 0 Å². The number of hydrogen-bond acceptors (Lipinski definition) is 1. The second-order valence-corrected chi connectivity index (χ2v) is 5.08. The predicted octanol–water partition coefficient (Wildman–Crippen LogP) is 4.31. The van der Waals surface area contributed by atoms with E-state index in [1.807, 2.05) is 0 Å². The Morgan fingerprint density at radius 1 is 1.19 bits per heavy atom. The summed E-state index contributed by atoms with van der Waals surface area (Å²) in [5.41, 5.74) is 1.47. The van der Waals surface area contributed by atoms with Crippen LogP contribution in [-0.2, 0) is 0 Å². The van der Waals surface area contributed by atoms with Crippen molar-refractivity contribution in [1.29, 1.82) is 0 Å². The van der Waals surface area contributed by atoms with Crippen molar-refractivity contribution in [1.82, 2.24) is 5.32 Å².